The van der Waals surface area contributed by atoms with E-state index in [1.807, 2.05) is 32.3 Å². The smallest absolute Gasteiger partial charge is 0.117 e. The maximum absolute atomic E-state index is 5.42. The highest BCUT2D eigenvalue weighted by Crippen LogP contribution is 2.05. The molecule has 0 aliphatic heterocycles. The van der Waals surface area contributed by atoms with E-state index in [1.165, 1.54) is 0 Å². The first kappa shape index (κ1) is 9.92. The van der Waals surface area contributed by atoms with E-state index in [-0.39, 0.29) is 0 Å². The third kappa shape index (κ3) is 2.66. The molecule has 0 aliphatic carbocycles. The fourth-order valence-electron chi connectivity index (χ4n) is 1.37. The lowest BCUT2D eigenvalue weighted by atomic mass is 10.4. The van der Waals surface area contributed by atoms with Crippen LogP contribution in [0.15, 0.2) is 22.7 Å². The van der Waals surface area contributed by atoms with Crippen LogP contribution >= 0.6 is 0 Å². The van der Waals surface area contributed by atoms with Crippen molar-refractivity contribution in [2.75, 3.05) is 0 Å². The lowest BCUT2D eigenvalue weighted by Crippen LogP contribution is -2.12. The highest BCUT2D eigenvalue weighted by molar-refractivity contribution is 5.05. The normalized spacial score (nSPS) is 10.8. The van der Waals surface area contributed by atoms with Crippen LogP contribution in [0.25, 0.3) is 0 Å². The van der Waals surface area contributed by atoms with Crippen LogP contribution in [0.4, 0.5) is 0 Å². The van der Waals surface area contributed by atoms with Gasteiger partial charge in [-0.05, 0) is 19.1 Å². The molecule has 0 bridgehead atoms. The Morgan fingerprint density at radius 3 is 2.87 bits per heavy atom. The fraction of sp³-hybridized carbons (Fsp3) is 0.400. The minimum Gasteiger partial charge on any atom is -0.465 e. The summed E-state index contributed by atoms with van der Waals surface area (Å²) in [5.74, 6) is 1.88. The summed E-state index contributed by atoms with van der Waals surface area (Å²) in [6.07, 6.45) is 1.89. The Morgan fingerprint density at radius 1 is 1.40 bits per heavy atom. The van der Waals surface area contributed by atoms with E-state index >= 15 is 0 Å². The molecule has 15 heavy (non-hydrogen) atoms. The summed E-state index contributed by atoms with van der Waals surface area (Å²) in [7, 11) is 1.85. The third-order valence-electron chi connectivity index (χ3n) is 2.05. The fourth-order valence-corrected chi connectivity index (χ4v) is 1.37. The number of aromatic nitrogens is 3. The first-order chi connectivity index (χ1) is 7.24. The van der Waals surface area contributed by atoms with Gasteiger partial charge in [0.15, 0.2) is 0 Å². The molecule has 0 amide bonds. The number of hydrogen-bond acceptors (Lipinski definition) is 4. The second kappa shape index (κ2) is 4.27. The Morgan fingerprint density at radius 2 is 2.27 bits per heavy atom. The molecule has 5 heteroatoms. The highest BCUT2D eigenvalue weighted by Gasteiger charge is 2.00. The van der Waals surface area contributed by atoms with Crippen LogP contribution < -0.4 is 5.32 Å². The first-order valence-electron chi connectivity index (χ1n) is 4.85. The van der Waals surface area contributed by atoms with Crippen LogP contribution in [-0.4, -0.2) is 15.0 Å². The number of nitrogens with one attached hydrogen (secondary N) is 1. The maximum Gasteiger partial charge on any atom is 0.117 e. The topological polar surface area (TPSA) is 55.9 Å². The molecule has 80 valence electrons. The summed E-state index contributed by atoms with van der Waals surface area (Å²) >= 11 is 0. The van der Waals surface area contributed by atoms with Gasteiger partial charge >= 0.3 is 0 Å². The summed E-state index contributed by atoms with van der Waals surface area (Å²) in [5.41, 5.74) is 0.931. The molecule has 0 unspecified atom stereocenters. The molecule has 1 N–H and O–H groups in total. The van der Waals surface area contributed by atoms with Crippen molar-refractivity contribution in [3.8, 4) is 0 Å². The third-order valence-corrected chi connectivity index (χ3v) is 2.05. The minimum atomic E-state index is 0.702. The summed E-state index contributed by atoms with van der Waals surface area (Å²) in [4.78, 5) is 0. The van der Waals surface area contributed by atoms with Crippen LogP contribution in [0.1, 0.15) is 17.2 Å². The van der Waals surface area contributed by atoms with E-state index in [9.17, 15) is 0 Å². The molecule has 2 aromatic heterocycles. The predicted octanol–water partition coefficient (Wildman–Crippen LogP) is 1.01. The van der Waals surface area contributed by atoms with Crippen molar-refractivity contribution in [2.24, 2.45) is 7.05 Å². The van der Waals surface area contributed by atoms with Crippen molar-refractivity contribution in [3.05, 3.63) is 35.5 Å². The Labute approximate surface area is 88.1 Å². The summed E-state index contributed by atoms with van der Waals surface area (Å²) in [5, 5.41) is 11.1. The van der Waals surface area contributed by atoms with Crippen LogP contribution in [0.3, 0.4) is 0 Å². The second-order valence-electron chi connectivity index (χ2n) is 3.50. The van der Waals surface area contributed by atoms with Crippen molar-refractivity contribution in [3.63, 3.8) is 0 Å². The zero-order valence-corrected chi connectivity index (χ0v) is 8.90. The van der Waals surface area contributed by atoms with E-state index in [2.05, 4.69) is 15.6 Å². The van der Waals surface area contributed by atoms with Gasteiger partial charge in [-0.25, -0.2) is 0 Å². The number of aryl methyl sites for hydroxylation is 2. The summed E-state index contributed by atoms with van der Waals surface area (Å²) in [6.45, 7) is 3.35. The molecule has 2 aromatic rings. The van der Waals surface area contributed by atoms with E-state index in [0.29, 0.717) is 13.1 Å². The van der Waals surface area contributed by atoms with Gasteiger partial charge in [-0.1, -0.05) is 5.21 Å². The molecule has 0 fully saturated rings. The van der Waals surface area contributed by atoms with E-state index in [0.717, 1.165) is 17.2 Å². The number of nitrogens with zero attached hydrogens (tertiary/aromatic N) is 3. The standard InChI is InChI=1S/C10H14N4O/c1-8-3-4-10(15-8)6-11-5-9-7-14(2)13-12-9/h3-4,7,11H,5-6H2,1-2H3. The summed E-state index contributed by atoms with van der Waals surface area (Å²) < 4.78 is 7.11. The van der Waals surface area contributed by atoms with Gasteiger partial charge in [0, 0.05) is 19.8 Å². The molecule has 5 nitrogen and oxygen atoms in total. The zero-order chi connectivity index (χ0) is 10.7. The van der Waals surface area contributed by atoms with Crippen molar-refractivity contribution < 1.29 is 4.42 Å². The van der Waals surface area contributed by atoms with E-state index in [1.54, 1.807) is 4.68 Å². The van der Waals surface area contributed by atoms with E-state index in [4.69, 9.17) is 4.42 Å². The van der Waals surface area contributed by atoms with Crippen molar-refractivity contribution in [1.82, 2.24) is 20.3 Å². The second-order valence-corrected chi connectivity index (χ2v) is 3.50. The van der Waals surface area contributed by atoms with Gasteiger partial charge in [-0.15, -0.1) is 5.10 Å². The highest BCUT2D eigenvalue weighted by atomic mass is 16.3. The minimum absolute atomic E-state index is 0.702. The van der Waals surface area contributed by atoms with Gasteiger partial charge in [0.05, 0.1) is 12.2 Å². The van der Waals surface area contributed by atoms with Gasteiger partial charge < -0.3 is 9.73 Å². The van der Waals surface area contributed by atoms with E-state index < -0.39 is 0 Å². The molecule has 0 saturated heterocycles. The average Bonchev–Trinajstić information content (AvgIpc) is 2.76. The number of rotatable bonds is 4. The van der Waals surface area contributed by atoms with Crippen LogP contribution in [0.5, 0.6) is 0 Å². The molecule has 0 aromatic carbocycles. The van der Waals surface area contributed by atoms with Gasteiger partial charge in [-0.2, -0.15) is 0 Å². The van der Waals surface area contributed by atoms with Gasteiger partial charge in [0.25, 0.3) is 0 Å². The lowest BCUT2D eigenvalue weighted by molar-refractivity contribution is 0.461. The first-order valence-corrected chi connectivity index (χ1v) is 4.85. The molecule has 0 saturated carbocycles. The Bertz CT molecular complexity index is 392. The molecule has 2 rings (SSSR count). The SMILES string of the molecule is Cc1ccc(CNCc2cn(C)nn2)o1. The van der Waals surface area contributed by atoms with Crippen molar-refractivity contribution >= 4 is 0 Å². The Kier molecular flexibility index (Phi) is 2.82. The van der Waals surface area contributed by atoms with Crippen LogP contribution in [-0.2, 0) is 20.1 Å². The zero-order valence-electron chi connectivity index (χ0n) is 8.90. The Hall–Kier alpha value is -1.62. The van der Waals surface area contributed by atoms with Gasteiger partial charge in [-0.3, -0.25) is 4.68 Å². The number of furan rings is 1. The lowest BCUT2D eigenvalue weighted by Gasteiger charge is -1.98. The molecule has 0 aliphatic rings. The Balaban J connectivity index is 1.80. The summed E-state index contributed by atoms with van der Waals surface area (Å²) in [6, 6.07) is 3.93. The van der Waals surface area contributed by atoms with Crippen molar-refractivity contribution in [1.29, 1.82) is 0 Å². The predicted molar refractivity (Wildman–Crippen MR) is 55.0 cm³/mol. The molecule has 2 heterocycles. The molecule has 0 radical (unpaired) electrons. The van der Waals surface area contributed by atoms with Crippen LogP contribution in [0.2, 0.25) is 0 Å². The van der Waals surface area contributed by atoms with Crippen LogP contribution in [0, 0.1) is 6.92 Å². The monoisotopic (exact) mass is 206 g/mol. The largest absolute Gasteiger partial charge is 0.465 e. The number of hydrogen-bond donors (Lipinski definition) is 1. The van der Waals surface area contributed by atoms with Gasteiger partial charge in [0.1, 0.15) is 11.5 Å². The maximum atomic E-state index is 5.42. The quantitative estimate of drug-likeness (QED) is 0.811. The molecular weight excluding hydrogens is 192 g/mol. The van der Waals surface area contributed by atoms with Gasteiger partial charge in [0.2, 0.25) is 0 Å². The molecule has 0 atom stereocenters. The average molecular weight is 206 g/mol. The molecular formula is C10H14N4O. The molecule has 0 spiro atoms. The van der Waals surface area contributed by atoms with Crippen molar-refractivity contribution in [2.45, 2.75) is 20.0 Å².